The average Bonchev–Trinajstić information content (AvgIpc) is 2.37. The van der Waals surface area contributed by atoms with Crippen LogP contribution in [0.1, 0.15) is 10.4 Å². The van der Waals surface area contributed by atoms with Crippen molar-refractivity contribution < 1.29 is 22.7 Å². The Morgan fingerprint density at radius 2 is 1.78 bits per heavy atom. The smallest absolute Gasteiger partial charge is 0.201 e. The van der Waals surface area contributed by atoms with E-state index in [1.807, 2.05) is 0 Å². The lowest BCUT2D eigenvalue weighted by molar-refractivity contribution is 0.112. The Hall–Kier alpha value is -2.30. The van der Waals surface area contributed by atoms with Gasteiger partial charge in [-0.3, -0.25) is 4.79 Å². The number of aldehydes is 1. The van der Waals surface area contributed by atoms with Crippen LogP contribution in [-0.4, -0.2) is 6.29 Å². The van der Waals surface area contributed by atoms with Crippen molar-refractivity contribution in [2.45, 2.75) is 0 Å². The zero-order valence-corrected chi connectivity index (χ0v) is 8.99. The van der Waals surface area contributed by atoms with Crippen LogP contribution in [0, 0.1) is 17.5 Å². The first-order valence-electron chi connectivity index (χ1n) is 4.98. The van der Waals surface area contributed by atoms with Crippen molar-refractivity contribution in [2.24, 2.45) is 0 Å². The van der Waals surface area contributed by atoms with Crippen molar-refractivity contribution in [2.75, 3.05) is 0 Å². The third-order valence-electron chi connectivity index (χ3n) is 2.23. The molecule has 2 aromatic carbocycles. The van der Waals surface area contributed by atoms with E-state index in [0.29, 0.717) is 6.29 Å². The van der Waals surface area contributed by atoms with Crippen molar-refractivity contribution in [3.05, 3.63) is 59.4 Å². The number of hydrogen-bond acceptors (Lipinski definition) is 2. The lowest BCUT2D eigenvalue weighted by atomic mass is 10.2. The molecule has 0 saturated heterocycles. The van der Waals surface area contributed by atoms with Crippen LogP contribution in [0.4, 0.5) is 13.2 Å². The fourth-order valence-electron chi connectivity index (χ4n) is 1.39. The van der Waals surface area contributed by atoms with Gasteiger partial charge in [-0.05, 0) is 30.3 Å². The Bertz CT molecular complexity index is 597. The molecule has 0 N–H and O–H groups in total. The molecule has 18 heavy (non-hydrogen) atoms. The molecule has 0 spiro atoms. The minimum Gasteiger partial charge on any atom is -0.453 e. The highest BCUT2D eigenvalue weighted by atomic mass is 19.2. The van der Waals surface area contributed by atoms with E-state index in [2.05, 4.69) is 0 Å². The lowest BCUT2D eigenvalue weighted by Gasteiger charge is -2.08. The molecule has 0 heterocycles. The molecule has 5 heteroatoms. The largest absolute Gasteiger partial charge is 0.453 e. The normalized spacial score (nSPS) is 10.2. The summed E-state index contributed by atoms with van der Waals surface area (Å²) in [7, 11) is 0. The monoisotopic (exact) mass is 252 g/mol. The van der Waals surface area contributed by atoms with E-state index in [4.69, 9.17) is 4.74 Å². The van der Waals surface area contributed by atoms with Gasteiger partial charge in [0.05, 0.1) is 5.56 Å². The van der Waals surface area contributed by atoms with Gasteiger partial charge in [0.15, 0.2) is 17.9 Å². The number of carbonyl (C=O) groups excluding carboxylic acids is 1. The minimum absolute atomic E-state index is 0.0455. The first-order chi connectivity index (χ1) is 8.61. The molecule has 0 bridgehead atoms. The Kier molecular flexibility index (Phi) is 3.32. The predicted octanol–water partition coefficient (Wildman–Crippen LogP) is 3.71. The maximum Gasteiger partial charge on any atom is 0.201 e. The number of rotatable bonds is 3. The summed E-state index contributed by atoms with van der Waals surface area (Å²) in [6.45, 7) is 0. The molecule has 0 radical (unpaired) electrons. The van der Waals surface area contributed by atoms with E-state index in [9.17, 15) is 18.0 Å². The summed E-state index contributed by atoms with van der Waals surface area (Å²) in [4.78, 5) is 10.7. The van der Waals surface area contributed by atoms with Crippen LogP contribution in [0.15, 0.2) is 36.4 Å². The van der Waals surface area contributed by atoms with E-state index in [-0.39, 0.29) is 17.1 Å². The first kappa shape index (κ1) is 12.2. The molecule has 0 aliphatic carbocycles. The Morgan fingerprint density at radius 3 is 2.50 bits per heavy atom. The fourth-order valence-corrected chi connectivity index (χ4v) is 1.39. The second kappa shape index (κ2) is 4.91. The van der Waals surface area contributed by atoms with Crippen LogP contribution in [0.25, 0.3) is 0 Å². The fraction of sp³-hybridized carbons (Fsp3) is 0. The third kappa shape index (κ3) is 2.34. The van der Waals surface area contributed by atoms with Crippen LogP contribution in [0.2, 0.25) is 0 Å². The second-order valence-corrected chi connectivity index (χ2v) is 3.45. The molecular weight excluding hydrogens is 245 g/mol. The summed E-state index contributed by atoms with van der Waals surface area (Å²) in [6.07, 6.45) is 0.371. The van der Waals surface area contributed by atoms with Crippen LogP contribution >= 0.6 is 0 Å². The quantitative estimate of drug-likeness (QED) is 0.778. The van der Waals surface area contributed by atoms with Crippen molar-refractivity contribution in [1.82, 2.24) is 0 Å². The van der Waals surface area contributed by atoms with Crippen molar-refractivity contribution in [3.8, 4) is 11.5 Å². The van der Waals surface area contributed by atoms with E-state index in [1.54, 1.807) is 0 Å². The maximum absolute atomic E-state index is 13.3. The zero-order chi connectivity index (χ0) is 13.1. The Balaban J connectivity index is 2.40. The highest BCUT2D eigenvalue weighted by Gasteiger charge is 2.12. The summed E-state index contributed by atoms with van der Waals surface area (Å²) in [5.74, 6) is -3.27. The standard InChI is InChI=1S/C13H7F3O2/c14-9-4-5-11(8(6-9)7-17)18-12-3-1-2-10(15)13(12)16/h1-7H. The van der Waals surface area contributed by atoms with Gasteiger partial charge in [0, 0.05) is 0 Å². The van der Waals surface area contributed by atoms with Gasteiger partial charge in [-0.15, -0.1) is 0 Å². The van der Waals surface area contributed by atoms with Gasteiger partial charge in [-0.2, -0.15) is 4.39 Å². The van der Waals surface area contributed by atoms with Gasteiger partial charge in [0.1, 0.15) is 11.6 Å². The van der Waals surface area contributed by atoms with Crippen LogP contribution in [0.3, 0.4) is 0 Å². The molecule has 0 saturated carbocycles. The molecule has 0 aliphatic heterocycles. The van der Waals surface area contributed by atoms with Crippen LogP contribution < -0.4 is 4.74 Å². The second-order valence-electron chi connectivity index (χ2n) is 3.45. The number of carbonyl (C=O) groups is 1. The Labute approximate surface area is 101 Å². The van der Waals surface area contributed by atoms with E-state index in [1.165, 1.54) is 18.2 Å². The topological polar surface area (TPSA) is 26.3 Å². The van der Waals surface area contributed by atoms with Crippen molar-refractivity contribution in [3.63, 3.8) is 0 Å². The summed E-state index contributed by atoms with van der Waals surface area (Å²) in [6, 6.07) is 6.57. The molecule has 0 amide bonds. The number of benzene rings is 2. The molecule has 2 nitrogen and oxygen atoms in total. The zero-order valence-electron chi connectivity index (χ0n) is 8.99. The summed E-state index contributed by atoms with van der Waals surface area (Å²) in [5.41, 5.74) is -0.0846. The molecule has 2 aromatic rings. The molecule has 0 unspecified atom stereocenters. The molecule has 0 aliphatic rings. The van der Waals surface area contributed by atoms with Gasteiger partial charge in [-0.1, -0.05) is 6.07 Å². The summed E-state index contributed by atoms with van der Waals surface area (Å²) in [5, 5.41) is 0. The summed E-state index contributed by atoms with van der Waals surface area (Å²) >= 11 is 0. The molecule has 0 aromatic heterocycles. The predicted molar refractivity (Wildman–Crippen MR) is 58.2 cm³/mol. The van der Waals surface area contributed by atoms with Gasteiger partial charge >= 0.3 is 0 Å². The molecular formula is C13H7F3O2. The Morgan fingerprint density at radius 1 is 1.00 bits per heavy atom. The first-order valence-corrected chi connectivity index (χ1v) is 4.98. The number of ether oxygens (including phenoxy) is 1. The highest BCUT2D eigenvalue weighted by molar-refractivity contribution is 5.79. The van der Waals surface area contributed by atoms with Crippen LogP contribution in [0.5, 0.6) is 11.5 Å². The van der Waals surface area contributed by atoms with Crippen molar-refractivity contribution >= 4 is 6.29 Å². The lowest BCUT2D eigenvalue weighted by Crippen LogP contribution is -1.95. The molecule has 92 valence electrons. The maximum atomic E-state index is 13.3. The van der Waals surface area contributed by atoms with Gasteiger partial charge in [0.25, 0.3) is 0 Å². The molecule has 0 fully saturated rings. The SMILES string of the molecule is O=Cc1cc(F)ccc1Oc1cccc(F)c1F. The van der Waals surface area contributed by atoms with Gasteiger partial charge in [-0.25, -0.2) is 8.78 Å². The molecule has 2 rings (SSSR count). The van der Waals surface area contributed by atoms with Crippen LogP contribution in [-0.2, 0) is 0 Å². The summed E-state index contributed by atoms with van der Waals surface area (Å²) < 4.78 is 44.2. The molecule has 0 atom stereocenters. The van der Waals surface area contributed by atoms with E-state index in [0.717, 1.165) is 18.2 Å². The third-order valence-corrected chi connectivity index (χ3v) is 2.23. The van der Waals surface area contributed by atoms with E-state index >= 15 is 0 Å². The van der Waals surface area contributed by atoms with Gasteiger partial charge < -0.3 is 4.74 Å². The number of hydrogen-bond donors (Lipinski definition) is 0. The number of halogens is 3. The average molecular weight is 252 g/mol. The highest BCUT2D eigenvalue weighted by Crippen LogP contribution is 2.28. The van der Waals surface area contributed by atoms with Crippen molar-refractivity contribution in [1.29, 1.82) is 0 Å². The minimum atomic E-state index is -1.17. The van der Waals surface area contributed by atoms with Gasteiger partial charge in [0.2, 0.25) is 5.82 Å². The van der Waals surface area contributed by atoms with E-state index < -0.39 is 17.5 Å².